The van der Waals surface area contributed by atoms with Crippen molar-refractivity contribution in [2.75, 3.05) is 5.32 Å². The van der Waals surface area contributed by atoms with Gasteiger partial charge in [-0.15, -0.1) is 0 Å². The molecule has 1 amide bonds. The van der Waals surface area contributed by atoms with Gasteiger partial charge in [-0.05, 0) is 91.6 Å². The Hall–Kier alpha value is -3.73. The molecule has 1 aliphatic carbocycles. The molecular formula is C30H29FN2O2. The Morgan fingerprint density at radius 2 is 1.71 bits per heavy atom. The highest BCUT2D eigenvalue weighted by molar-refractivity contribution is 5.94. The maximum atomic E-state index is 13.9. The van der Waals surface area contributed by atoms with Gasteiger partial charge in [0.15, 0.2) is 5.75 Å². The van der Waals surface area contributed by atoms with Gasteiger partial charge in [0.1, 0.15) is 11.6 Å². The smallest absolute Gasteiger partial charge is 0.227 e. The molecule has 4 aromatic rings. The third-order valence-corrected chi connectivity index (χ3v) is 7.19. The summed E-state index contributed by atoms with van der Waals surface area (Å²) in [6.45, 7) is 2.01. The Kier molecular flexibility index (Phi) is 6.75. The molecule has 0 spiro atoms. The second kappa shape index (κ2) is 10.3. The molecule has 0 radical (unpaired) electrons. The molecule has 1 aliphatic rings. The zero-order valence-corrected chi connectivity index (χ0v) is 19.8. The van der Waals surface area contributed by atoms with E-state index in [1.807, 2.05) is 73.8 Å². The van der Waals surface area contributed by atoms with Gasteiger partial charge in [-0.3, -0.25) is 9.78 Å². The van der Waals surface area contributed by atoms with Gasteiger partial charge in [0.25, 0.3) is 0 Å². The number of carbonyl (C=O) groups excluding carboxylic acids is 1. The van der Waals surface area contributed by atoms with Crippen molar-refractivity contribution in [1.82, 2.24) is 4.98 Å². The van der Waals surface area contributed by atoms with Crippen molar-refractivity contribution in [3.63, 3.8) is 0 Å². The van der Waals surface area contributed by atoms with Crippen molar-refractivity contribution in [1.29, 1.82) is 0 Å². The first-order valence-electron chi connectivity index (χ1n) is 12.3. The van der Waals surface area contributed by atoms with E-state index in [1.165, 1.54) is 6.07 Å². The quantitative estimate of drug-likeness (QED) is 0.315. The minimum Gasteiger partial charge on any atom is -0.455 e. The Bertz CT molecular complexity index is 1320. The van der Waals surface area contributed by atoms with E-state index in [0.29, 0.717) is 23.3 Å². The summed E-state index contributed by atoms with van der Waals surface area (Å²) in [6.07, 6.45) is 5.69. The Labute approximate surface area is 205 Å². The predicted molar refractivity (Wildman–Crippen MR) is 137 cm³/mol. The number of nitrogens with zero attached hydrogens (tertiary/aromatic N) is 1. The van der Waals surface area contributed by atoms with Crippen LogP contribution < -0.4 is 10.1 Å². The molecule has 1 atom stereocenters. The lowest BCUT2D eigenvalue weighted by Gasteiger charge is -2.32. The number of benzene rings is 3. The van der Waals surface area contributed by atoms with Crippen molar-refractivity contribution in [3.05, 3.63) is 96.4 Å². The van der Waals surface area contributed by atoms with Crippen LogP contribution in [0.25, 0.3) is 10.9 Å². The van der Waals surface area contributed by atoms with Gasteiger partial charge >= 0.3 is 0 Å². The van der Waals surface area contributed by atoms with Gasteiger partial charge in [-0.1, -0.05) is 37.3 Å². The molecule has 1 fully saturated rings. The average Bonchev–Trinajstić information content (AvgIpc) is 2.89. The first-order chi connectivity index (χ1) is 17.1. The molecule has 5 heteroatoms. The van der Waals surface area contributed by atoms with Gasteiger partial charge in [0, 0.05) is 17.5 Å². The number of halogens is 1. The van der Waals surface area contributed by atoms with Gasteiger partial charge in [-0.25, -0.2) is 4.39 Å². The molecule has 5 rings (SSSR count). The summed E-state index contributed by atoms with van der Waals surface area (Å²) in [5.41, 5.74) is 2.67. The first kappa shape index (κ1) is 23.0. The third kappa shape index (κ3) is 5.19. The van der Waals surface area contributed by atoms with Crippen molar-refractivity contribution in [3.8, 4) is 11.5 Å². The van der Waals surface area contributed by atoms with E-state index in [4.69, 9.17) is 4.74 Å². The van der Waals surface area contributed by atoms with Crippen LogP contribution in [0.5, 0.6) is 11.5 Å². The molecule has 3 aromatic carbocycles. The number of amides is 1. The van der Waals surface area contributed by atoms with Crippen LogP contribution in [0, 0.1) is 17.7 Å². The minimum atomic E-state index is -0.234. The fourth-order valence-electron chi connectivity index (χ4n) is 5.16. The molecule has 0 unspecified atom stereocenters. The summed E-state index contributed by atoms with van der Waals surface area (Å²) in [4.78, 5) is 17.6. The second-order valence-electron chi connectivity index (χ2n) is 9.36. The monoisotopic (exact) mass is 468 g/mol. The fraction of sp³-hybridized carbons (Fsp3) is 0.267. The number of carbonyl (C=O) groups is 1. The number of rotatable bonds is 6. The number of nitrogens with one attached hydrogen (secondary N) is 1. The highest BCUT2D eigenvalue weighted by Gasteiger charge is 2.30. The predicted octanol–water partition coefficient (Wildman–Crippen LogP) is 7.71. The molecule has 178 valence electrons. The normalized spacial score (nSPS) is 18.7. The van der Waals surface area contributed by atoms with Crippen LogP contribution >= 0.6 is 0 Å². The Balaban J connectivity index is 1.23. The van der Waals surface area contributed by atoms with E-state index in [1.54, 1.807) is 12.1 Å². The molecule has 4 nitrogen and oxygen atoms in total. The Morgan fingerprint density at radius 1 is 0.971 bits per heavy atom. The van der Waals surface area contributed by atoms with E-state index < -0.39 is 0 Å². The first-order valence-corrected chi connectivity index (χ1v) is 12.3. The van der Waals surface area contributed by atoms with Gasteiger partial charge in [0.05, 0.1) is 11.2 Å². The van der Waals surface area contributed by atoms with Crippen LogP contribution in [0.3, 0.4) is 0 Å². The van der Waals surface area contributed by atoms with Gasteiger partial charge in [0.2, 0.25) is 5.91 Å². The van der Waals surface area contributed by atoms with Crippen LogP contribution in [0.1, 0.15) is 44.1 Å². The summed E-state index contributed by atoms with van der Waals surface area (Å²) < 4.78 is 19.9. The van der Waals surface area contributed by atoms with Gasteiger partial charge < -0.3 is 10.1 Å². The van der Waals surface area contributed by atoms with Crippen molar-refractivity contribution in [2.45, 2.75) is 38.5 Å². The lowest BCUT2D eigenvalue weighted by atomic mass is 9.73. The van der Waals surface area contributed by atoms with Crippen LogP contribution in [-0.4, -0.2) is 10.9 Å². The van der Waals surface area contributed by atoms with Crippen molar-refractivity contribution in [2.24, 2.45) is 11.8 Å². The van der Waals surface area contributed by atoms with Crippen LogP contribution in [0.15, 0.2) is 85.1 Å². The number of para-hydroxylation sites is 3. The molecular weight excluding hydrogens is 439 g/mol. The minimum absolute atomic E-state index is 0.00833. The number of hydrogen-bond acceptors (Lipinski definition) is 3. The number of ether oxygens (including phenoxy) is 1. The third-order valence-electron chi connectivity index (χ3n) is 7.19. The van der Waals surface area contributed by atoms with Crippen molar-refractivity contribution < 1.29 is 13.9 Å². The average molecular weight is 469 g/mol. The van der Waals surface area contributed by atoms with Crippen molar-refractivity contribution >= 4 is 22.5 Å². The Morgan fingerprint density at radius 3 is 2.51 bits per heavy atom. The summed E-state index contributed by atoms with van der Waals surface area (Å²) in [5, 5.41) is 3.99. The summed E-state index contributed by atoms with van der Waals surface area (Å²) in [6, 6.07) is 23.9. The zero-order chi connectivity index (χ0) is 24.2. The molecule has 0 aliphatic heterocycles. The summed E-state index contributed by atoms with van der Waals surface area (Å²) in [5.74, 6) is 1.67. The van der Waals surface area contributed by atoms with E-state index >= 15 is 0 Å². The fourth-order valence-corrected chi connectivity index (χ4v) is 5.16. The van der Waals surface area contributed by atoms with Crippen LogP contribution in [0.4, 0.5) is 10.1 Å². The lowest BCUT2D eigenvalue weighted by Crippen LogP contribution is -2.29. The van der Waals surface area contributed by atoms with Gasteiger partial charge in [-0.2, -0.15) is 0 Å². The number of fused-ring (bicyclic) bond motifs is 1. The SMILES string of the molecule is C[C@@H](C(=O)Nc1ccccc1Oc1ccccc1)[C@H]1CC[C@@H](c2ccnc3ccc(F)cc32)CC1. The highest BCUT2D eigenvalue weighted by Crippen LogP contribution is 2.41. The van der Waals surface area contributed by atoms with E-state index in [9.17, 15) is 9.18 Å². The zero-order valence-electron chi connectivity index (χ0n) is 19.8. The molecule has 0 bridgehead atoms. The molecule has 1 aromatic heterocycles. The van der Waals surface area contributed by atoms with Crippen LogP contribution in [0.2, 0.25) is 0 Å². The molecule has 1 heterocycles. The summed E-state index contributed by atoms with van der Waals surface area (Å²) >= 11 is 0. The molecule has 35 heavy (non-hydrogen) atoms. The number of hydrogen-bond donors (Lipinski definition) is 1. The summed E-state index contributed by atoms with van der Waals surface area (Å²) in [7, 11) is 0. The maximum absolute atomic E-state index is 13.9. The lowest BCUT2D eigenvalue weighted by molar-refractivity contribution is -0.121. The van der Waals surface area contributed by atoms with E-state index in [-0.39, 0.29) is 17.6 Å². The molecule has 1 saturated carbocycles. The molecule has 0 saturated heterocycles. The second-order valence-corrected chi connectivity index (χ2v) is 9.36. The van der Waals surface area contributed by atoms with E-state index in [2.05, 4.69) is 10.3 Å². The largest absolute Gasteiger partial charge is 0.455 e. The van der Waals surface area contributed by atoms with Crippen LogP contribution in [-0.2, 0) is 4.79 Å². The molecule has 1 N–H and O–H groups in total. The maximum Gasteiger partial charge on any atom is 0.227 e. The topological polar surface area (TPSA) is 51.2 Å². The standard InChI is InChI=1S/C30H29FN2O2/c1-20(30(34)33-28-9-5-6-10-29(28)35-24-7-3-2-4-8-24)21-11-13-22(14-12-21)25-17-18-32-27-16-15-23(31)19-26(25)27/h2-10,15-22H,11-14H2,1H3,(H,33,34)/t20-,21-,22+/m1/s1. The highest BCUT2D eigenvalue weighted by atomic mass is 19.1. The van der Waals surface area contributed by atoms with E-state index in [0.717, 1.165) is 47.9 Å². The number of aromatic nitrogens is 1. The number of anilines is 1. The number of pyridine rings is 1.